The summed E-state index contributed by atoms with van der Waals surface area (Å²) in [7, 11) is 0. The molecule has 0 unspecified atom stereocenters. The Kier molecular flexibility index (Phi) is 3.75. The van der Waals surface area contributed by atoms with Crippen LogP contribution in [-0.2, 0) is 0 Å². The van der Waals surface area contributed by atoms with E-state index in [4.69, 9.17) is 4.74 Å². The number of carbonyl (C=O) groups is 1. The van der Waals surface area contributed by atoms with E-state index >= 15 is 0 Å². The Morgan fingerprint density at radius 1 is 1.23 bits per heavy atom. The van der Waals surface area contributed by atoms with E-state index in [1.54, 1.807) is 4.90 Å². The molecule has 3 rings (SSSR count). The number of nitrogens with zero attached hydrogens (tertiary/aromatic N) is 1. The number of urea groups is 1. The molecular formula is C18H20N2O2. The Morgan fingerprint density at radius 3 is 2.77 bits per heavy atom. The zero-order valence-electron chi connectivity index (χ0n) is 13.1. The third kappa shape index (κ3) is 2.77. The molecule has 0 saturated heterocycles. The van der Waals surface area contributed by atoms with E-state index in [-0.39, 0.29) is 12.1 Å². The molecule has 0 fully saturated rings. The maximum Gasteiger partial charge on any atom is 0.326 e. The van der Waals surface area contributed by atoms with Gasteiger partial charge < -0.3 is 10.1 Å². The number of fused-ring (bicyclic) bond motifs is 1. The topological polar surface area (TPSA) is 41.6 Å². The SMILES string of the molecule is Cc1ccc2c(c1)N(C(=O)Nc1ccccc1C)C[C@H](C)O2. The molecule has 0 aromatic heterocycles. The van der Waals surface area contributed by atoms with E-state index in [0.717, 1.165) is 28.3 Å². The fourth-order valence-electron chi connectivity index (χ4n) is 2.64. The molecule has 1 aliphatic heterocycles. The summed E-state index contributed by atoms with van der Waals surface area (Å²) in [6.45, 7) is 6.50. The lowest BCUT2D eigenvalue weighted by atomic mass is 10.1. The average molecular weight is 296 g/mol. The number of rotatable bonds is 1. The molecule has 114 valence electrons. The molecule has 4 heteroatoms. The molecular weight excluding hydrogens is 276 g/mol. The Bertz CT molecular complexity index is 712. The summed E-state index contributed by atoms with van der Waals surface area (Å²) in [5.74, 6) is 0.754. The molecule has 2 aromatic carbocycles. The number of ether oxygens (including phenoxy) is 1. The number of carbonyl (C=O) groups excluding carboxylic acids is 1. The summed E-state index contributed by atoms with van der Waals surface area (Å²) >= 11 is 0. The zero-order chi connectivity index (χ0) is 15.7. The smallest absolute Gasteiger partial charge is 0.326 e. The molecule has 2 amide bonds. The summed E-state index contributed by atoms with van der Waals surface area (Å²) < 4.78 is 5.82. The Hall–Kier alpha value is -2.49. The molecule has 2 aromatic rings. The second kappa shape index (κ2) is 5.72. The predicted octanol–water partition coefficient (Wildman–Crippen LogP) is 4.12. The second-order valence-corrected chi connectivity index (χ2v) is 5.76. The standard InChI is InChI=1S/C18H20N2O2/c1-12-8-9-17-16(10-12)20(11-14(3)22-17)18(21)19-15-7-5-4-6-13(15)2/h4-10,14H,11H2,1-3H3,(H,19,21)/t14-/m0/s1. The van der Waals surface area contributed by atoms with Crippen molar-refractivity contribution in [3.05, 3.63) is 53.6 Å². The van der Waals surface area contributed by atoms with Gasteiger partial charge in [0.15, 0.2) is 0 Å². The van der Waals surface area contributed by atoms with Gasteiger partial charge in [0.2, 0.25) is 0 Å². The number of para-hydroxylation sites is 1. The van der Waals surface area contributed by atoms with Crippen LogP contribution in [0.5, 0.6) is 5.75 Å². The molecule has 1 atom stereocenters. The number of aryl methyl sites for hydroxylation is 2. The van der Waals surface area contributed by atoms with Gasteiger partial charge in [0.25, 0.3) is 0 Å². The molecule has 0 saturated carbocycles. The van der Waals surface area contributed by atoms with Gasteiger partial charge in [-0.2, -0.15) is 0 Å². The number of hydrogen-bond acceptors (Lipinski definition) is 2. The third-order valence-corrected chi connectivity index (χ3v) is 3.80. The zero-order valence-corrected chi connectivity index (χ0v) is 13.1. The normalized spacial score (nSPS) is 16.7. The summed E-state index contributed by atoms with van der Waals surface area (Å²) in [6.07, 6.45) is -0.0298. The minimum Gasteiger partial charge on any atom is -0.487 e. The third-order valence-electron chi connectivity index (χ3n) is 3.80. The van der Waals surface area contributed by atoms with E-state index in [2.05, 4.69) is 5.32 Å². The first-order valence-electron chi connectivity index (χ1n) is 7.46. The van der Waals surface area contributed by atoms with Gasteiger partial charge in [0.05, 0.1) is 12.2 Å². The van der Waals surface area contributed by atoms with Gasteiger partial charge in [-0.15, -0.1) is 0 Å². The van der Waals surface area contributed by atoms with Gasteiger partial charge in [-0.05, 0) is 50.1 Å². The molecule has 0 spiro atoms. The van der Waals surface area contributed by atoms with Crippen molar-refractivity contribution in [3.63, 3.8) is 0 Å². The fourth-order valence-corrected chi connectivity index (χ4v) is 2.64. The highest BCUT2D eigenvalue weighted by atomic mass is 16.5. The summed E-state index contributed by atoms with van der Waals surface area (Å²) in [4.78, 5) is 14.5. The first-order valence-corrected chi connectivity index (χ1v) is 7.46. The number of nitrogens with one attached hydrogen (secondary N) is 1. The van der Waals surface area contributed by atoms with E-state index in [9.17, 15) is 4.79 Å². The van der Waals surface area contributed by atoms with Crippen LogP contribution in [0, 0.1) is 13.8 Å². The van der Waals surface area contributed by atoms with Crippen LogP contribution in [0.2, 0.25) is 0 Å². The first-order chi connectivity index (χ1) is 10.5. The van der Waals surface area contributed by atoms with Crippen molar-refractivity contribution < 1.29 is 9.53 Å². The van der Waals surface area contributed by atoms with Gasteiger partial charge in [-0.1, -0.05) is 24.3 Å². The minimum absolute atomic E-state index is 0.0298. The predicted molar refractivity (Wildman–Crippen MR) is 88.8 cm³/mol. The van der Waals surface area contributed by atoms with Crippen LogP contribution in [0.4, 0.5) is 16.2 Å². The largest absolute Gasteiger partial charge is 0.487 e. The quantitative estimate of drug-likeness (QED) is 0.860. The highest BCUT2D eigenvalue weighted by Gasteiger charge is 2.27. The van der Waals surface area contributed by atoms with Gasteiger partial charge in [-0.3, -0.25) is 4.90 Å². The Labute approximate surface area is 130 Å². The van der Waals surface area contributed by atoms with Gasteiger partial charge >= 0.3 is 6.03 Å². The highest BCUT2D eigenvalue weighted by Crippen LogP contribution is 2.34. The summed E-state index contributed by atoms with van der Waals surface area (Å²) in [5, 5.41) is 2.99. The van der Waals surface area contributed by atoms with E-state index in [1.165, 1.54) is 0 Å². The van der Waals surface area contributed by atoms with Crippen LogP contribution in [0.25, 0.3) is 0 Å². The second-order valence-electron chi connectivity index (χ2n) is 5.76. The van der Waals surface area contributed by atoms with Gasteiger partial charge in [-0.25, -0.2) is 4.79 Å². The maximum absolute atomic E-state index is 12.7. The lowest BCUT2D eigenvalue weighted by Gasteiger charge is -2.33. The van der Waals surface area contributed by atoms with Crippen molar-refractivity contribution in [2.75, 3.05) is 16.8 Å². The van der Waals surface area contributed by atoms with E-state index in [1.807, 2.05) is 63.2 Å². The van der Waals surface area contributed by atoms with E-state index in [0.29, 0.717) is 6.54 Å². The number of anilines is 2. The van der Waals surface area contributed by atoms with Crippen LogP contribution in [0.15, 0.2) is 42.5 Å². The van der Waals surface area contributed by atoms with Crippen LogP contribution < -0.4 is 15.0 Å². The van der Waals surface area contributed by atoms with E-state index < -0.39 is 0 Å². The Morgan fingerprint density at radius 2 is 2.00 bits per heavy atom. The van der Waals surface area contributed by atoms with Gasteiger partial charge in [0, 0.05) is 5.69 Å². The van der Waals surface area contributed by atoms with Crippen molar-refractivity contribution in [3.8, 4) is 5.75 Å². The lowest BCUT2D eigenvalue weighted by Crippen LogP contribution is -2.44. The van der Waals surface area contributed by atoms with Crippen LogP contribution in [0.1, 0.15) is 18.1 Å². The molecule has 22 heavy (non-hydrogen) atoms. The van der Waals surface area contributed by atoms with Crippen molar-refractivity contribution >= 4 is 17.4 Å². The molecule has 0 bridgehead atoms. The lowest BCUT2D eigenvalue weighted by molar-refractivity contribution is 0.208. The molecule has 4 nitrogen and oxygen atoms in total. The summed E-state index contributed by atoms with van der Waals surface area (Å²) in [6, 6.07) is 13.5. The molecule has 0 radical (unpaired) electrons. The van der Waals surface area contributed by atoms with Crippen LogP contribution >= 0.6 is 0 Å². The highest BCUT2D eigenvalue weighted by molar-refractivity contribution is 6.03. The van der Waals surface area contributed by atoms with Crippen LogP contribution in [0.3, 0.4) is 0 Å². The average Bonchev–Trinajstić information content (AvgIpc) is 2.49. The fraction of sp³-hybridized carbons (Fsp3) is 0.278. The minimum atomic E-state index is -0.128. The number of benzene rings is 2. The van der Waals surface area contributed by atoms with Crippen molar-refractivity contribution in [1.29, 1.82) is 0 Å². The summed E-state index contributed by atoms with van der Waals surface area (Å²) in [5.41, 5.74) is 3.80. The van der Waals surface area contributed by atoms with Crippen molar-refractivity contribution in [2.45, 2.75) is 26.9 Å². The Balaban J connectivity index is 1.90. The number of amides is 2. The van der Waals surface area contributed by atoms with Crippen molar-refractivity contribution in [2.24, 2.45) is 0 Å². The maximum atomic E-state index is 12.7. The number of hydrogen-bond donors (Lipinski definition) is 1. The molecule has 0 aliphatic carbocycles. The first kappa shape index (κ1) is 14.4. The van der Waals surface area contributed by atoms with Crippen molar-refractivity contribution in [1.82, 2.24) is 0 Å². The van der Waals surface area contributed by atoms with Gasteiger partial charge in [0.1, 0.15) is 11.9 Å². The van der Waals surface area contributed by atoms with Crippen LogP contribution in [-0.4, -0.2) is 18.7 Å². The molecule has 1 aliphatic rings. The molecule has 1 heterocycles. The monoisotopic (exact) mass is 296 g/mol. The molecule has 1 N–H and O–H groups in total.